The molecule has 0 radical (unpaired) electrons. The van der Waals surface area contributed by atoms with Crippen molar-refractivity contribution in [3.8, 4) is 11.5 Å². The Morgan fingerprint density at radius 2 is 0.788 bits per heavy atom. The molecular weight excluding hydrogens is 675 g/mol. The van der Waals surface area contributed by atoms with Gasteiger partial charge in [-0.15, -0.1) is 0 Å². The van der Waals surface area contributed by atoms with Crippen molar-refractivity contribution in [3.63, 3.8) is 0 Å². The number of fused-ring (bicyclic) bond motifs is 1. The van der Waals surface area contributed by atoms with E-state index in [0.717, 1.165) is 22.3 Å². The number of benzene rings is 4. The van der Waals surface area contributed by atoms with Crippen LogP contribution in [-0.4, -0.2) is 39.9 Å². The predicted octanol–water partition coefficient (Wildman–Crippen LogP) is 9.90. The second-order valence-corrected chi connectivity index (χ2v) is 18.6. The van der Waals surface area contributed by atoms with Crippen molar-refractivity contribution in [1.82, 2.24) is 0 Å². The number of aliphatic imine (C=N–C) groups is 2. The Bertz CT molecular complexity index is 1810. The second kappa shape index (κ2) is 14.5. The van der Waals surface area contributed by atoms with Gasteiger partial charge < -0.3 is 10.2 Å². The Hall–Kier alpha value is -3.36. The minimum atomic E-state index is -0.306. The van der Waals surface area contributed by atoms with E-state index in [1.807, 2.05) is 39.9 Å². The number of halogens is 1. The molecule has 3 aliphatic rings. The third-order valence-corrected chi connectivity index (χ3v) is 10.7. The normalized spacial score (nSPS) is 20.1. The Kier molecular flexibility index (Phi) is 11.1. The van der Waals surface area contributed by atoms with Gasteiger partial charge in [0.15, 0.2) is 0 Å². The fraction of sp³-hybridized carbons (Fsp3) is 0.435. The molecular formula is C46H54AlClN2O2. The SMILES string of the molecule is CC(C)(C)c1cc(C=N[C@@H]2C3c4ccccc4C(c4ccccc43)[C@H]2N=Cc2cc(C(C)(C)C)cc(C(C)(C)C)c2[O-])c([O-])c(C(C)(C)C)c1.[Al+2][Cl]. The van der Waals surface area contributed by atoms with Crippen LogP contribution in [-0.2, 0) is 21.7 Å². The first-order valence-corrected chi connectivity index (χ1v) is 20.1. The molecule has 3 aliphatic carbocycles. The van der Waals surface area contributed by atoms with Crippen molar-refractivity contribution in [3.05, 3.63) is 128 Å². The molecule has 0 unspecified atom stereocenters. The summed E-state index contributed by atoms with van der Waals surface area (Å²) in [6.45, 7) is 25.7. The van der Waals surface area contributed by atoms with E-state index in [2.05, 4.69) is 154 Å². The fourth-order valence-corrected chi connectivity index (χ4v) is 7.78. The van der Waals surface area contributed by atoms with Gasteiger partial charge in [0.05, 0.1) is 12.1 Å². The standard InChI is InChI=1S/C46H56N2O2.Al.ClH/c1-43(2,3)29-21-27(41(49)35(23-29)45(7,8)9)25-47-39-37-31-17-13-15-19-33(31)38(34-20-16-14-18-32(34)37)40(39)48-26-28-22-30(44(4,5)6)24-36(42(28)50)46(10,11)12;;/h13-26,37-40,49-50H,1-12H3;;1H/q;+3;/p-3/t37?,38?,39-,40-;;/m1../s1. The van der Waals surface area contributed by atoms with E-state index in [-0.39, 0.29) is 57.1 Å². The molecule has 0 fully saturated rings. The first-order chi connectivity index (χ1) is 24.2. The number of rotatable bonds is 4. The van der Waals surface area contributed by atoms with Crippen LogP contribution in [0.25, 0.3) is 0 Å². The summed E-state index contributed by atoms with van der Waals surface area (Å²) < 4.78 is 0. The van der Waals surface area contributed by atoms with Crippen molar-refractivity contribution >= 4 is 37.8 Å². The van der Waals surface area contributed by atoms with Gasteiger partial charge in [0.25, 0.3) is 0 Å². The number of nitrogens with zero attached hydrogens (tertiary/aromatic N) is 2. The van der Waals surface area contributed by atoms with Crippen LogP contribution in [0.5, 0.6) is 11.5 Å². The first kappa shape index (κ1) is 39.8. The Morgan fingerprint density at radius 3 is 1.04 bits per heavy atom. The van der Waals surface area contributed by atoms with E-state index >= 15 is 0 Å². The fourth-order valence-electron chi connectivity index (χ4n) is 7.78. The van der Waals surface area contributed by atoms with Gasteiger partial charge in [0.1, 0.15) is 0 Å². The molecule has 52 heavy (non-hydrogen) atoms. The molecule has 6 heteroatoms. The molecule has 2 bridgehead atoms. The van der Waals surface area contributed by atoms with Gasteiger partial charge in [-0.1, -0.05) is 167 Å². The van der Waals surface area contributed by atoms with Crippen LogP contribution < -0.4 is 10.2 Å². The van der Waals surface area contributed by atoms with E-state index in [1.165, 1.54) is 22.3 Å². The molecule has 0 aliphatic heterocycles. The van der Waals surface area contributed by atoms with Gasteiger partial charge in [0.2, 0.25) is 0 Å². The van der Waals surface area contributed by atoms with Crippen molar-refractivity contribution in [2.24, 2.45) is 9.98 Å². The first-order valence-electron chi connectivity index (χ1n) is 18.4. The van der Waals surface area contributed by atoms with E-state index in [0.29, 0.717) is 11.1 Å². The van der Waals surface area contributed by atoms with Crippen LogP contribution in [0.3, 0.4) is 0 Å². The molecule has 0 heterocycles. The van der Waals surface area contributed by atoms with Crippen LogP contribution >= 0.6 is 10.0 Å². The minimum absolute atomic E-state index is 0.0285. The van der Waals surface area contributed by atoms with Crippen LogP contribution in [0.1, 0.15) is 151 Å². The van der Waals surface area contributed by atoms with Crippen molar-refractivity contribution in [2.45, 2.75) is 129 Å². The maximum absolute atomic E-state index is 14.0. The van der Waals surface area contributed by atoms with E-state index in [4.69, 9.17) is 9.98 Å². The third-order valence-electron chi connectivity index (χ3n) is 10.7. The summed E-state index contributed by atoms with van der Waals surface area (Å²) in [7, 11) is 4.56. The average Bonchev–Trinajstić information content (AvgIpc) is 3.06. The van der Waals surface area contributed by atoms with Crippen molar-refractivity contribution in [1.29, 1.82) is 0 Å². The van der Waals surface area contributed by atoms with Crippen LogP contribution in [0.15, 0.2) is 82.8 Å². The van der Waals surface area contributed by atoms with Crippen molar-refractivity contribution in [2.75, 3.05) is 0 Å². The van der Waals surface area contributed by atoms with E-state index in [9.17, 15) is 10.2 Å². The monoisotopic (exact) mass is 728 g/mol. The predicted molar refractivity (Wildman–Crippen MR) is 218 cm³/mol. The third kappa shape index (κ3) is 7.66. The van der Waals surface area contributed by atoms with Gasteiger partial charge in [0, 0.05) is 24.3 Å². The molecule has 2 atom stereocenters. The van der Waals surface area contributed by atoms with Crippen LogP contribution in [0.2, 0.25) is 0 Å². The molecule has 4 aromatic carbocycles. The molecule has 0 spiro atoms. The molecule has 0 saturated heterocycles. The molecule has 4 aromatic rings. The molecule has 0 amide bonds. The molecule has 0 N–H and O–H groups in total. The second-order valence-electron chi connectivity index (χ2n) is 18.6. The van der Waals surface area contributed by atoms with Gasteiger partial charge in [-0.05, 0) is 77.3 Å². The van der Waals surface area contributed by atoms with E-state index < -0.39 is 0 Å². The summed E-state index contributed by atoms with van der Waals surface area (Å²) in [5.41, 5.74) is 9.26. The van der Waals surface area contributed by atoms with Gasteiger partial charge in [-0.25, -0.2) is 0 Å². The van der Waals surface area contributed by atoms with Crippen LogP contribution in [0.4, 0.5) is 0 Å². The summed E-state index contributed by atoms with van der Waals surface area (Å²) in [4.78, 5) is 10.7. The molecule has 7 rings (SSSR count). The number of hydrogen-bond donors (Lipinski definition) is 0. The van der Waals surface area contributed by atoms with Crippen molar-refractivity contribution < 1.29 is 10.2 Å². The van der Waals surface area contributed by atoms with Gasteiger partial charge in [-0.3, -0.25) is 9.98 Å². The molecule has 4 nitrogen and oxygen atoms in total. The average molecular weight is 729 g/mol. The maximum atomic E-state index is 14.0. The molecule has 270 valence electrons. The van der Waals surface area contributed by atoms with E-state index in [1.54, 1.807) is 0 Å². The van der Waals surface area contributed by atoms with Crippen LogP contribution in [0, 0.1) is 0 Å². The number of hydrogen-bond acceptors (Lipinski definition) is 4. The summed E-state index contributed by atoms with van der Waals surface area (Å²) in [5.74, 6) is -0.0142. The van der Waals surface area contributed by atoms with Gasteiger partial charge >= 0.3 is 25.4 Å². The molecule has 0 aromatic heterocycles. The summed E-state index contributed by atoms with van der Waals surface area (Å²) in [6, 6.07) is 25.0. The zero-order valence-corrected chi connectivity index (χ0v) is 35.0. The summed E-state index contributed by atoms with van der Waals surface area (Å²) in [6.07, 6.45) is 3.64. The molecule has 0 saturated carbocycles. The zero-order chi connectivity index (χ0) is 38.6. The summed E-state index contributed by atoms with van der Waals surface area (Å²) >= 11 is 1.89. The van der Waals surface area contributed by atoms with Gasteiger partial charge in [-0.2, -0.15) is 0 Å². The topological polar surface area (TPSA) is 70.8 Å². The Morgan fingerprint density at radius 1 is 0.500 bits per heavy atom. The zero-order valence-electron chi connectivity index (χ0n) is 33.1. The Labute approximate surface area is 325 Å². The Balaban J connectivity index is 0.00000257. The quantitative estimate of drug-likeness (QED) is 0.155. The summed E-state index contributed by atoms with van der Waals surface area (Å²) in [5, 5.41) is 28.0.